The molecule has 0 radical (unpaired) electrons. The van der Waals surface area contributed by atoms with Crippen LogP contribution in [0.2, 0.25) is 0 Å². The van der Waals surface area contributed by atoms with Gasteiger partial charge in [0.1, 0.15) is 0 Å². The van der Waals surface area contributed by atoms with Crippen molar-refractivity contribution in [2.24, 2.45) is 5.73 Å². The van der Waals surface area contributed by atoms with Gasteiger partial charge in [-0.15, -0.1) is 0 Å². The van der Waals surface area contributed by atoms with Gasteiger partial charge in [-0.2, -0.15) is 0 Å². The van der Waals surface area contributed by atoms with E-state index >= 15 is 0 Å². The Bertz CT molecular complexity index is 360. The Balaban J connectivity index is 0. The average molecular weight is 261 g/mol. The molecule has 19 heavy (non-hydrogen) atoms. The minimum atomic E-state index is 0.529. The maximum absolute atomic E-state index is 5.29. The third-order valence-electron chi connectivity index (χ3n) is 1.75. The van der Waals surface area contributed by atoms with Crippen molar-refractivity contribution in [1.29, 1.82) is 0 Å². The van der Waals surface area contributed by atoms with E-state index in [0.29, 0.717) is 6.54 Å². The smallest absolute Gasteiger partial charge is 0.0539 e. The molecule has 2 aromatic heterocycles. The predicted octanol–water partition coefficient (Wildman–Crippen LogP) is 3.98. The Kier molecular flexibility index (Phi) is 16.8. The lowest BCUT2D eigenvalue weighted by atomic mass is 10.4. The molecule has 3 heteroatoms. The summed E-state index contributed by atoms with van der Waals surface area (Å²) in [5.74, 6) is 0. The van der Waals surface area contributed by atoms with Crippen LogP contribution in [0.15, 0.2) is 48.8 Å². The van der Waals surface area contributed by atoms with Crippen LogP contribution in [0.1, 0.15) is 39.1 Å². The summed E-state index contributed by atoms with van der Waals surface area (Å²) in [7, 11) is 0. The monoisotopic (exact) mass is 261 g/mol. The zero-order valence-corrected chi connectivity index (χ0v) is 12.8. The Morgan fingerprint density at radius 3 is 1.58 bits per heavy atom. The van der Waals surface area contributed by atoms with Crippen molar-refractivity contribution in [2.75, 3.05) is 0 Å². The first-order valence-corrected chi connectivity index (χ1v) is 6.80. The Morgan fingerprint density at radius 1 is 0.842 bits per heavy atom. The normalized spacial score (nSPS) is 7.68. The molecular weight excluding hydrogens is 234 g/mol. The van der Waals surface area contributed by atoms with Crippen molar-refractivity contribution in [2.45, 2.75) is 41.2 Å². The van der Waals surface area contributed by atoms with Crippen molar-refractivity contribution in [3.05, 3.63) is 60.2 Å². The van der Waals surface area contributed by atoms with E-state index in [1.165, 1.54) is 0 Å². The van der Waals surface area contributed by atoms with Crippen LogP contribution in [-0.2, 0) is 6.54 Å². The first-order valence-electron chi connectivity index (χ1n) is 6.80. The lowest BCUT2D eigenvalue weighted by Crippen LogP contribution is -1.97. The SMILES string of the molecule is CC.CC.Cc1ccccn1.NCc1ccccn1. The highest BCUT2D eigenvalue weighted by molar-refractivity contribution is 5.02. The highest BCUT2D eigenvalue weighted by atomic mass is 14.7. The van der Waals surface area contributed by atoms with Crippen LogP contribution in [0, 0.1) is 6.92 Å². The zero-order chi connectivity index (χ0) is 14.9. The van der Waals surface area contributed by atoms with E-state index in [1.807, 2.05) is 71.0 Å². The van der Waals surface area contributed by atoms with E-state index < -0.39 is 0 Å². The molecular formula is C16H27N3. The molecule has 0 amide bonds. The van der Waals surface area contributed by atoms with Crippen molar-refractivity contribution in [3.63, 3.8) is 0 Å². The largest absolute Gasteiger partial charge is 0.325 e. The molecule has 0 aromatic carbocycles. The average Bonchev–Trinajstić information content (AvgIpc) is 2.53. The standard InChI is InChI=1S/C6H8N2.C6H7N.2C2H6/c7-5-6-3-1-2-4-8-6;1-6-4-2-3-5-7-6;2*1-2/h1-4H,5,7H2;2-5H,1H3;2*1-2H3. The fraction of sp³-hybridized carbons (Fsp3) is 0.375. The quantitative estimate of drug-likeness (QED) is 0.844. The van der Waals surface area contributed by atoms with E-state index in [9.17, 15) is 0 Å². The fourth-order valence-electron chi connectivity index (χ4n) is 0.967. The number of nitrogens with two attached hydrogens (primary N) is 1. The summed E-state index contributed by atoms with van der Waals surface area (Å²) >= 11 is 0. The molecule has 0 saturated carbocycles. The number of pyridine rings is 2. The lowest BCUT2D eigenvalue weighted by molar-refractivity contribution is 0.991. The molecule has 3 nitrogen and oxygen atoms in total. The second-order valence-corrected chi connectivity index (χ2v) is 3.00. The van der Waals surface area contributed by atoms with Crippen LogP contribution in [0.5, 0.6) is 0 Å². The van der Waals surface area contributed by atoms with Crippen molar-refractivity contribution in [1.82, 2.24) is 9.97 Å². The van der Waals surface area contributed by atoms with Crippen molar-refractivity contribution >= 4 is 0 Å². The van der Waals surface area contributed by atoms with Gasteiger partial charge in [0.2, 0.25) is 0 Å². The van der Waals surface area contributed by atoms with Gasteiger partial charge in [-0.3, -0.25) is 9.97 Å². The molecule has 0 bridgehead atoms. The molecule has 2 aromatic rings. The van der Waals surface area contributed by atoms with Gasteiger partial charge in [0.15, 0.2) is 0 Å². The molecule has 0 aliphatic carbocycles. The molecule has 0 aliphatic rings. The molecule has 106 valence electrons. The molecule has 0 aliphatic heterocycles. The van der Waals surface area contributed by atoms with Crippen LogP contribution in [0.25, 0.3) is 0 Å². The highest BCUT2D eigenvalue weighted by Gasteiger charge is 1.81. The van der Waals surface area contributed by atoms with Gasteiger partial charge in [-0.25, -0.2) is 0 Å². The summed E-state index contributed by atoms with van der Waals surface area (Å²) in [6, 6.07) is 11.6. The lowest BCUT2D eigenvalue weighted by Gasteiger charge is -1.89. The maximum atomic E-state index is 5.29. The van der Waals surface area contributed by atoms with E-state index in [4.69, 9.17) is 5.73 Å². The Labute approximate surface area is 117 Å². The van der Waals surface area contributed by atoms with Crippen LogP contribution < -0.4 is 5.73 Å². The van der Waals surface area contributed by atoms with Gasteiger partial charge < -0.3 is 5.73 Å². The molecule has 0 unspecified atom stereocenters. The third-order valence-corrected chi connectivity index (χ3v) is 1.75. The highest BCUT2D eigenvalue weighted by Crippen LogP contribution is 1.88. The van der Waals surface area contributed by atoms with Gasteiger partial charge in [0.25, 0.3) is 0 Å². The van der Waals surface area contributed by atoms with E-state index in [0.717, 1.165) is 11.4 Å². The molecule has 2 N–H and O–H groups in total. The van der Waals surface area contributed by atoms with Crippen LogP contribution in [-0.4, -0.2) is 9.97 Å². The second-order valence-electron chi connectivity index (χ2n) is 3.00. The molecule has 0 fully saturated rings. The predicted molar refractivity (Wildman–Crippen MR) is 83.8 cm³/mol. The van der Waals surface area contributed by atoms with Gasteiger partial charge in [0.05, 0.1) is 5.69 Å². The van der Waals surface area contributed by atoms with Crippen LogP contribution in [0.4, 0.5) is 0 Å². The summed E-state index contributed by atoms with van der Waals surface area (Å²) in [5, 5.41) is 0. The van der Waals surface area contributed by atoms with E-state index in [1.54, 1.807) is 12.4 Å². The number of hydrogen-bond acceptors (Lipinski definition) is 3. The summed E-state index contributed by atoms with van der Waals surface area (Å²) < 4.78 is 0. The summed E-state index contributed by atoms with van der Waals surface area (Å²) in [6.07, 6.45) is 3.53. The zero-order valence-electron chi connectivity index (χ0n) is 12.8. The summed E-state index contributed by atoms with van der Waals surface area (Å²) in [4.78, 5) is 7.95. The van der Waals surface area contributed by atoms with Gasteiger partial charge in [-0.05, 0) is 31.2 Å². The Hall–Kier alpha value is -1.74. The number of aryl methyl sites for hydroxylation is 1. The molecule has 2 heterocycles. The Morgan fingerprint density at radius 2 is 1.37 bits per heavy atom. The second kappa shape index (κ2) is 16.3. The topological polar surface area (TPSA) is 51.8 Å². The van der Waals surface area contributed by atoms with E-state index in [-0.39, 0.29) is 0 Å². The number of aromatic nitrogens is 2. The minimum absolute atomic E-state index is 0.529. The minimum Gasteiger partial charge on any atom is -0.325 e. The molecule has 0 spiro atoms. The maximum Gasteiger partial charge on any atom is 0.0539 e. The van der Waals surface area contributed by atoms with Crippen molar-refractivity contribution in [3.8, 4) is 0 Å². The number of nitrogens with zero attached hydrogens (tertiary/aromatic N) is 2. The summed E-state index contributed by atoms with van der Waals surface area (Å²) in [6.45, 7) is 10.5. The first kappa shape index (κ1) is 19.6. The van der Waals surface area contributed by atoms with Crippen LogP contribution in [0.3, 0.4) is 0 Å². The van der Waals surface area contributed by atoms with Gasteiger partial charge in [-0.1, -0.05) is 39.8 Å². The van der Waals surface area contributed by atoms with E-state index in [2.05, 4.69) is 9.97 Å². The molecule has 2 rings (SSSR count). The number of hydrogen-bond donors (Lipinski definition) is 1. The summed E-state index contributed by atoms with van der Waals surface area (Å²) in [5.41, 5.74) is 7.30. The third kappa shape index (κ3) is 12.5. The molecule has 0 atom stereocenters. The number of rotatable bonds is 1. The van der Waals surface area contributed by atoms with Crippen LogP contribution >= 0.6 is 0 Å². The molecule has 0 saturated heterocycles. The van der Waals surface area contributed by atoms with Gasteiger partial charge in [0, 0.05) is 24.6 Å². The van der Waals surface area contributed by atoms with Gasteiger partial charge >= 0.3 is 0 Å². The fourth-order valence-corrected chi connectivity index (χ4v) is 0.967. The first-order chi connectivity index (χ1) is 9.33. The van der Waals surface area contributed by atoms with Crippen molar-refractivity contribution < 1.29 is 0 Å².